The molecule has 0 heterocycles. The molecule has 0 aliphatic heterocycles. The van der Waals surface area contributed by atoms with Gasteiger partial charge in [0.2, 0.25) is 0 Å². The molecule has 0 radical (unpaired) electrons. The van der Waals surface area contributed by atoms with Crippen molar-refractivity contribution in [2.75, 3.05) is 13.2 Å². The lowest BCUT2D eigenvalue weighted by Crippen LogP contribution is -2.34. The Morgan fingerprint density at radius 1 is 1.06 bits per heavy atom. The van der Waals surface area contributed by atoms with Crippen LogP contribution in [0.15, 0.2) is 0 Å². The Bertz CT molecular complexity index is 190. The zero-order valence-electron chi connectivity index (χ0n) is 8.37. The van der Waals surface area contributed by atoms with Crippen LogP contribution in [-0.4, -0.2) is 31.6 Å². The van der Waals surface area contributed by atoms with E-state index in [2.05, 4.69) is 4.74 Å². The van der Waals surface area contributed by atoms with Crippen LogP contribution in [0.4, 0.5) is 26.3 Å². The Hall–Kier alpha value is -0.500. The fourth-order valence-corrected chi connectivity index (χ4v) is 0.991. The second-order valence-electron chi connectivity index (χ2n) is 3.20. The quantitative estimate of drug-likeness (QED) is 0.583. The van der Waals surface area contributed by atoms with Crippen LogP contribution in [0.25, 0.3) is 0 Å². The lowest BCUT2D eigenvalue weighted by atomic mass is 10.2. The summed E-state index contributed by atoms with van der Waals surface area (Å²) >= 11 is 0. The van der Waals surface area contributed by atoms with E-state index in [-0.39, 0.29) is 6.54 Å². The van der Waals surface area contributed by atoms with Crippen LogP contribution in [0.2, 0.25) is 0 Å². The number of hydrogen-bond donors (Lipinski definition) is 1. The van der Waals surface area contributed by atoms with E-state index in [0.29, 0.717) is 0 Å². The first kappa shape index (κ1) is 15.5. The van der Waals surface area contributed by atoms with E-state index in [4.69, 9.17) is 5.73 Å². The fourth-order valence-electron chi connectivity index (χ4n) is 0.991. The molecule has 98 valence electrons. The van der Waals surface area contributed by atoms with Gasteiger partial charge in [-0.3, -0.25) is 0 Å². The molecule has 0 fully saturated rings. The van der Waals surface area contributed by atoms with Crippen molar-refractivity contribution >= 4 is 0 Å². The van der Waals surface area contributed by atoms with E-state index in [1.54, 1.807) is 0 Å². The summed E-state index contributed by atoms with van der Waals surface area (Å²) in [5.41, 5.74) is 4.94. The van der Waals surface area contributed by atoms with E-state index in [9.17, 15) is 26.3 Å². The fraction of sp³-hybridized carbons (Fsp3) is 1.00. The molecule has 0 rings (SSSR count). The van der Waals surface area contributed by atoms with Crippen LogP contribution in [0.3, 0.4) is 0 Å². The molecule has 0 saturated heterocycles. The number of hydrogen-bond acceptors (Lipinski definition) is 2. The Labute approximate surface area is 88.7 Å². The largest absolute Gasteiger partial charge is 0.414 e. The molecule has 0 aromatic carbocycles. The van der Waals surface area contributed by atoms with Gasteiger partial charge in [0.05, 0.1) is 0 Å². The molecular formula is C8H13F6NO. The van der Waals surface area contributed by atoms with Crippen LogP contribution in [0.5, 0.6) is 0 Å². The third kappa shape index (κ3) is 7.75. The average molecular weight is 253 g/mol. The van der Waals surface area contributed by atoms with Gasteiger partial charge in [0.25, 0.3) is 0 Å². The van der Waals surface area contributed by atoms with Crippen LogP contribution in [0, 0.1) is 0 Å². The van der Waals surface area contributed by atoms with Gasteiger partial charge in [-0.05, 0) is 19.4 Å². The maximum atomic E-state index is 12.2. The Morgan fingerprint density at radius 2 is 1.62 bits per heavy atom. The highest BCUT2D eigenvalue weighted by Crippen LogP contribution is 2.26. The summed E-state index contributed by atoms with van der Waals surface area (Å²) in [5, 5.41) is 0. The van der Waals surface area contributed by atoms with Crippen molar-refractivity contribution in [3.8, 4) is 0 Å². The first-order chi connectivity index (χ1) is 7.17. The van der Waals surface area contributed by atoms with E-state index >= 15 is 0 Å². The minimum absolute atomic E-state index is 0.233. The third-order valence-electron chi connectivity index (χ3n) is 1.72. The van der Waals surface area contributed by atoms with Gasteiger partial charge >= 0.3 is 12.4 Å². The zero-order valence-corrected chi connectivity index (χ0v) is 8.37. The molecule has 0 bridgehead atoms. The van der Waals surface area contributed by atoms with Crippen molar-refractivity contribution in [2.45, 2.75) is 37.7 Å². The molecule has 0 aliphatic rings. The molecule has 2 nitrogen and oxygen atoms in total. The van der Waals surface area contributed by atoms with Gasteiger partial charge in [-0.15, -0.1) is 0 Å². The molecule has 1 unspecified atom stereocenters. The van der Waals surface area contributed by atoms with Gasteiger partial charge in [-0.2, -0.15) is 26.3 Å². The first-order valence-electron chi connectivity index (χ1n) is 4.62. The van der Waals surface area contributed by atoms with Gasteiger partial charge in [0.15, 0.2) is 6.10 Å². The van der Waals surface area contributed by atoms with Crippen molar-refractivity contribution < 1.29 is 31.1 Å². The Kier molecular flexibility index (Phi) is 6.09. The highest BCUT2D eigenvalue weighted by molar-refractivity contribution is 4.68. The molecule has 0 aromatic rings. The summed E-state index contributed by atoms with van der Waals surface area (Å²) in [6.07, 6.45) is -13.1. The molecule has 0 saturated carbocycles. The smallest absolute Gasteiger partial charge is 0.369 e. The van der Waals surface area contributed by atoms with E-state index in [1.165, 1.54) is 0 Å². The second-order valence-corrected chi connectivity index (χ2v) is 3.20. The monoisotopic (exact) mass is 253 g/mol. The van der Waals surface area contributed by atoms with Gasteiger partial charge < -0.3 is 10.5 Å². The SMILES string of the molecule is NCCC(OCCCC(F)(F)F)C(F)(F)F. The standard InChI is InChI=1S/C8H13F6NO/c9-7(10,11)3-1-5-16-6(2-4-15)8(12,13)14/h6H,1-5,15H2. The number of rotatable bonds is 6. The summed E-state index contributed by atoms with van der Waals surface area (Å²) in [6, 6.07) is 0. The summed E-state index contributed by atoms with van der Waals surface area (Å²) in [7, 11) is 0. The van der Waals surface area contributed by atoms with E-state index < -0.39 is 44.3 Å². The summed E-state index contributed by atoms with van der Waals surface area (Å²) in [6.45, 7) is -0.812. The second kappa shape index (κ2) is 6.29. The van der Waals surface area contributed by atoms with Crippen LogP contribution >= 0.6 is 0 Å². The lowest BCUT2D eigenvalue weighted by molar-refractivity contribution is -0.223. The number of alkyl halides is 6. The summed E-state index contributed by atoms with van der Waals surface area (Å²) < 4.78 is 75.8. The molecule has 0 spiro atoms. The van der Waals surface area contributed by atoms with Crippen molar-refractivity contribution in [1.82, 2.24) is 0 Å². The number of halogens is 6. The lowest BCUT2D eigenvalue weighted by Gasteiger charge is -2.20. The highest BCUT2D eigenvalue weighted by Gasteiger charge is 2.40. The topological polar surface area (TPSA) is 35.2 Å². The van der Waals surface area contributed by atoms with Crippen molar-refractivity contribution in [3.05, 3.63) is 0 Å². The predicted molar refractivity (Wildman–Crippen MR) is 44.8 cm³/mol. The van der Waals surface area contributed by atoms with E-state index in [0.717, 1.165) is 0 Å². The zero-order chi connectivity index (χ0) is 12.8. The van der Waals surface area contributed by atoms with Gasteiger partial charge in [-0.1, -0.05) is 0 Å². The molecule has 1 atom stereocenters. The summed E-state index contributed by atoms with van der Waals surface area (Å²) in [4.78, 5) is 0. The third-order valence-corrected chi connectivity index (χ3v) is 1.72. The molecule has 0 amide bonds. The van der Waals surface area contributed by atoms with Gasteiger partial charge in [0.1, 0.15) is 0 Å². The highest BCUT2D eigenvalue weighted by atomic mass is 19.4. The van der Waals surface area contributed by atoms with Crippen LogP contribution in [-0.2, 0) is 4.74 Å². The maximum Gasteiger partial charge on any atom is 0.414 e. The van der Waals surface area contributed by atoms with Crippen LogP contribution in [0.1, 0.15) is 19.3 Å². The molecule has 0 aliphatic carbocycles. The van der Waals surface area contributed by atoms with Gasteiger partial charge in [-0.25, -0.2) is 0 Å². The minimum atomic E-state index is -4.59. The minimum Gasteiger partial charge on any atom is -0.369 e. The Morgan fingerprint density at radius 3 is 2.00 bits per heavy atom. The van der Waals surface area contributed by atoms with Crippen molar-refractivity contribution in [1.29, 1.82) is 0 Å². The molecule has 0 aromatic heterocycles. The molecule has 8 heteroatoms. The summed E-state index contributed by atoms with van der Waals surface area (Å²) in [5.74, 6) is 0. The normalized spacial score (nSPS) is 15.2. The molecular weight excluding hydrogens is 240 g/mol. The van der Waals surface area contributed by atoms with E-state index in [1.807, 2.05) is 0 Å². The number of ether oxygens (including phenoxy) is 1. The van der Waals surface area contributed by atoms with Crippen LogP contribution < -0.4 is 5.73 Å². The first-order valence-corrected chi connectivity index (χ1v) is 4.62. The van der Waals surface area contributed by atoms with Crippen molar-refractivity contribution in [3.63, 3.8) is 0 Å². The average Bonchev–Trinajstić information content (AvgIpc) is 2.06. The Balaban J connectivity index is 3.86. The maximum absolute atomic E-state index is 12.2. The number of nitrogens with two attached hydrogens (primary N) is 1. The predicted octanol–water partition coefficient (Wildman–Crippen LogP) is 2.63. The van der Waals surface area contributed by atoms with Gasteiger partial charge in [0, 0.05) is 13.0 Å². The molecule has 16 heavy (non-hydrogen) atoms. The molecule has 2 N–H and O–H groups in total. The van der Waals surface area contributed by atoms with Crippen molar-refractivity contribution in [2.24, 2.45) is 5.73 Å².